The van der Waals surface area contributed by atoms with Crippen LogP contribution in [0, 0.1) is 11.6 Å². The monoisotopic (exact) mass is 748 g/mol. The Morgan fingerprint density at radius 3 is 2.24 bits per heavy atom. The smallest absolute Gasteiger partial charge is 0.410 e. The fourth-order valence-corrected chi connectivity index (χ4v) is 8.06. The third kappa shape index (κ3) is 8.47. The number of methoxy groups -OCH3 is 1. The average molecular weight is 749 g/mol. The van der Waals surface area contributed by atoms with E-state index in [2.05, 4.69) is 9.71 Å². The summed E-state index contributed by atoms with van der Waals surface area (Å²) in [6.45, 7) is 5.49. The standard InChI is InChI=1S/C35H39ClF2N4O6S2/c1-35(2,3)48-34(44)41(4)23-9-11-24(12-10-23)42(33(43)32-30(36)29-25(37)13-14-26(38)31(29)49-32)19-22-17-20(7-15-27(22)47-5)21-8-16-28(39-18-21)40-50(6,45)46/h7-8,13-18,23-24H,9-12,19H2,1-6H3,(H,39,40)/t23-,24-. The Balaban J connectivity index is 1.48. The van der Waals surface area contributed by atoms with Crippen LogP contribution >= 0.6 is 22.9 Å². The molecule has 10 nitrogen and oxygen atoms in total. The highest BCUT2D eigenvalue weighted by atomic mass is 35.5. The van der Waals surface area contributed by atoms with Gasteiger partial charge in [-0.2, -0.15) is 0 Å². The number of ether oxygens (including phenoxy) is 2. The lowest BCUT2D eigenvalue weighted by Crippen LogP contribution is -2.47. The van der Waals surface area contributed by atoms with E-state index in [0.717, 1.165) is 35.3 Å². The van der Waals surface area contributed by atoms with Gasteiger partial charge in [-0.25, -0.2) is 27.0 Å². The lowest BCUT2D eigenvalue weighted by Gasteiger charge is -2.40. The summed E-state index contributed by atoms with van der Waals surface area (Å²) < 4.78 is 66.4. The first-order valence-corrected chi connectivity index (χ1v) is 19.0. The van der Waals surface area contributed by atoms with Crippen molar-refractivity contribution < 1.29 is 36.3 Å². The van der Waals surface area contributed by atoms with Crippen molar-refractivity contribution in [3.63, 3.8) is 0 Å². The van der Waals surface area contributed by atoms with Gasteiger partial charge in [0.15, 0.2) is 0 Å². The van der Waals surface area contributed by atoms with Crippen LogP contribution in [0.15, 0.2) is 48.7 Å². The molecule has 2 aromatic carbocycles. The predicted octanol–water partition coefficient (Wildman–Crippen LogP) is 8.10. The number of nitrogens with zero attached hydrogens (tertiary/aromatic N) is 3. The summed E-state index contributed by atoms with van der Waals surface area (Å²) in [6, 6.07) is 10.3. The minimum Gasteiger partial charge on any atom is -0.496 e. The number of thiophene rings is 1. The molecule has 50 heavy (non-hydrogen) atoms. The molecule has 4 aromatic rings. The third-order valence-corrected chi connectivity index (χ3v) is 10.7. The molecule has 0 bridgehead atoms. The number of carbonyl (C=O) groups is 2. The van der Waals surface area contributed by atoms with E-state index in [1.54, 1.807) is 55.8 Å². The number of carbonyl (C=O) groups excluding carboxylic acids is 2. The topological polar surface area (TPSA) is 118 Å². The molecular weight excluding hydrogens is 710 g/mol. The van der Waals surface area contributed by atoms with E-state index >= 15 is 0 Å². The minimum absolute atomic E-state index is 0.0203. The maximum Gasteiger partial charge on any atom is 0.410 e. The number of aromatic nitrogens is 1. The maximum absolute atomic E-state index is 14.8. The lowest BCUT2D eigenvalue weighted by atomic mass is 9.89. The van der Waals surface area contributed by atoms with Crippen molar-refractivity contribution in [1.29, 1.82) is 0 Å². The molecule has 0 aliphatic heterocycles. The zero-order chi connectivity index (χ0) is 36.5. The Morgan fingerprint density at radius 2 is 1.66 bits per heavy atom. The SMILES string of the molecule is COc1ccc(-c2ccc(NS(C)(=O)=O)nc2)cc1CN(C(=O)c1sc2c(F)ccc(F)c2c1Cl)[C@H]1CC[C@H](N(C)C(=O)OC(C)(C)C)CC1. The van der Waals surface area contributed by atoms with Crippen molar-refractivity contribution in [3.8, 4) is 16.9 Å². The van der Waals surface area contributed by atoms with Gasteiger partial charge in [0.2, 0.25) is 10.0 Å². The van der Waals surface area contributed by atoms with Crippen LogP contribution in [-0.2, 0) is 21.3 Å². The molecule has 2 aromatic heterocycles. The van der Waals surface area contributed by atoms with Gasteiger partial charge in [-0.3, -0.25) is 9.52 Å². The van der Waals surface area contributed by atoms with Crippen LogP contribution in [0.3, 0.4) is 0 Å². The second-order valence-electron chi connectivity index (χ2n) is 13.3. The molecule has 268 valence electrons. The van der Waals surface area contributed by atoms with Gasteiger partial charge in [0.05, 0.1) is 28.5 Å². The van der Waals surface area contributed by atoms with E-state index in [4.69, 9.17) is 21.1 Å². The predicted molar refractivity (Wildman–Crippen MR) is 191 cm³/mol. The third-order valence-electron chi connectivity index (χ3n) is 8.48. The molecule has 0 unspecified atom stereocenters. The number of fused-ring (bicyclic) bond motifs is 1. The second kappa shape index (κ2) is 14.7. The van der Waals surface area contributed by atoms with Gasteiger partial charge in [-0.1, -0.05) is 17.7 Å². The number of hydrogen-bond donors (Lipinski definition) is 1. The zero-order valence-corrected chi connectivity index (χ0v) is 30.9. The van der Waals surface area contributed by atoms with Crippen molar-refractivity contribution in [3.05, 3.63) is 75.8 Å². The van der Waals surface area contributed by atoms with Crippen molar-refractivity contribution in [2.75, 3.05) is 25.1 Å². The highest BCUT2D eigenvalue weighted by Gasteiger charge is 2.35. The van der Waals surface area contributed by atoms with Gasteiger partial charge in [-0.05, 0) is 88.4 Å². The minimum atomic E-state index is -3.50. The Kier molecular flexibility index (Phi) is 10.9. The molecule has 2 heterocycles. The fraction of sp³-hybridized carbons (Fsp3) is 0.400. The normalized spacial score (nSPS) is 16.6. The van der Waals surface area contributed by atoms with Crippen molar-refractivity contribution >= 4 is 60.9 Å². The van der Waals surface area contributed by atoms with Crippen LogP contribution in [-0.4, -0.2) is 73.3 Å². The Morgan fingerprint density at radius 1 is 1.02 bits per heavy atom. The molecule has 1 fully saturated rings. The molecular formula is C35H39ClF2N4O6S2. The van der Waals surface area contributed by atoms with Crippen LogP contribution in [0.25, 0.3) is 21.2 Å². The van der Waals surface area contributed by atoms with E-state index in [9.17, 15) is 26.8 Å². The highest BCUT2D eigenvalue weighted by Crippen LogP contribution is 2.41. The number of rotatable bonds is 9. The van der Waals surface area contributed by atoms with Crippen LogP contribution in [0.4, 0.5) is 19.4 Å². The van der Waals surface area contributed by atoms with Crippen molar-refractivity contribution in [2.45, 2.75) is 70.7 Å². The molecule has 5 rings (SSSR count). The molecule has 2 amide bonds. The van der Waals surface area contributed by atoms with Crippen molar-refractivity contribution in [2.24, 2.45) is 0 Å². The van der Waals surface area contributed by atoms with Crippen LogP contribution in [0.5, 0.6) is 5.75 Å². The summed E-state index contributed by atoms with van der Waals surface area (Å²) in [5, 5.41) is -0.284. The van der Waals surface area contributed by atoms with Gasteiger partial charge >= 0.3 is 6.09 Å². The molecule has 1 aliphatic rings. The lowest BCUT2D eigenvalue weighted by molar-refractivity contribution is 0.0144. The number of hydrogen-bond acceptors (Lipinski definition) is 8. The second-order valence-corrected chi connectivity index (χ2v) is 16.4. The maximum atomic E-state index is 14.8. The first-order chi connectivity index (χ1) is 23.5. The van der Waals surface area contributed by atoms with E-state index in [1.807, 2.05) is 12.1 Å². The molecule has 1 saturated carbocycles. The van der Waals surface area contributed by atoms with Gasteiger partial charge < -0.3 is 19.3 Å². The Labute approximate surface area is 299 Å². The van der Waals surface area contributed by atoms with Crippen LogP contribution in [0.2, 0.25) is 5.02 Å². The summed E-state index contributed by atoms with van der Waals surface area (Å²) >= 11 is 7.42. The first-order valence-electron chi connectivity index (χ1n) is 15.9. The molecule has 1 aliphatic carbocycles. The van der Waals surface area contributed by atoms with E-state index in [0.29, 0.717) is 42.6 Å². The van der Waals surface area contributed by atoms with Gasteiger partial charge in [-0.15, -0.1) is 11.3 Å². The molecule has 0 spiro atoms. The molecule has 1 N–H and O–H groups in total. The van der Waals surface area contributed by atoms with Gasteiger partial charge in [0, 0.05) is 43.0 Å². The number of halogens is 3. The van der Waals surface area contributed by atoms with Crippen LogP contribution in [0.1, 0.15) is 61.7 Å². The first kappa shape index (κ1) is 37.3. The summed E-state index contributed by atoms with van der Waals surface area (Å²) in [4.78, 5) is 34.8. The molecule has 0 radical (unpaired) electrons. The zero-order valence-electron chi connectivity index (χ0n) is 28.6. The number of sulfonamides is 1. The fourth-order valence-electron chi connectivity index (χ4n) is 6.05. The summed E-state index contributed by atoms with van der Waals surface area (Å²) in [6.07, 6.45) is 4.39. The number of benzene rings is 2. The van der Waals surface area contributed by atoms with E-state index in [1.165, 1.54) is 13.3 Å². The van der Waals surface area contributed by atoms with E-state index in [-0.39, 0.29) is 44.4 Å². The quantitative estimate of drug-likeness (QED) is 0.184. The number of nitrogens with one attached hydrogen (secondary N) is 1. The van der Waals surface area contributed by atoms with Crippen molar-refractivity contribution in [1.82, 2.24) is 14.8 Å². The molecule has 0 atom stereocenters. The number of anilines is 1. The summed E-state index contributed by atoms with van der Waals surface area (Å²) in [5.41, 5.74) is 1.43. The summed E-state index contributed by atoms with van der Waals surface area (Å²) in [5.74, 6) is -1.20. The van der Waals surface area contributed by atoms with E-state index < -0.39 is 39.3 Å². The van der Waals surface area contributed by atoms with Gasteiger partial charge in [0.1, 0.15) is 33.7 Å². The Bertz CT molecular complexity index is 2010. The van der Waals surface area contributed by atoms with Crippen LogP contribution < -0.4 is 9.46 Å². The Hall–Kier alpha value is -4.01. The molecule has 15 heteroatoms. The van der Waals surface area contributed by atoms with Gasteiger partial charge in [0.25, 0.3) is 5.91 Å². The number of pyridine rings is 1. The average Bonchev–Trinajstić information content (AvgIpc) is 3.41. The largest absolute Gasteiger partial charge is 0.496 e. The molecule has 0 saturated heterocycles. The number of amides is 2. The summed E-state index contributed by atoms with van der Waals surface area (Å²) in [7, 11) is -0.281. The highest BCUT2D eigenvalue weighted by molar-refractivity contribution is 7.92.